The molecular formula is C11H8BrFN6. The molecule has 8 heteroatoms. The van der Waals surface area contributed by atoms with Crippen molar-refractivity contribution in [3.63, 3.8) is 0 Å². The Morgan fingerprint density at radius 3 is 3.05 bits per heavy atom. The molecule has 0 spiro atoms. The SMILES string of the molecule is Fc1ccc(Br)cc1CNc1ccc2nnnn2n1. The smallest absolute Gasteiger partial charge is 0.200 e. The summed E-state index contributed by atoms with van der Waals surface area (Å²) in [7, 11) is 0. The average Bonchev–Trinajstić information content (AvgIpc) is 2.87. The molecule has 2 heterocycles. The molecule has 3 rings (SSSR count). The monoisotopic (exact) mass is 322 g/mol. The molecule has 0 atom stereocenters. The number of benzene rings is 1. The first-order valence-electron chi connectivity index (χ1n) is 5.45. The number of rotatable bonds is 3. The summed E-state index contributed by atoms with van der Waals surface area (Å²) in [5.41, 5.74) is 1.10. The van der Waals surface area contributed by atoms with Crippen molar-refractivity contribution in [1.29, 1.82) is 0 Å². The van der Waals surface area contributed by atoms with E-state index in [2.05, 4.69) is 41.9 Å². The molecule has 6 nitrogen and oxygen atoms in total. The molecule has 1 aromatic carbocycles. The summed E-state index contributed by atoms with van der Waals surface area (Å²) in [5, 5.41) is 18.1. The Balaban J connectivity index is 1.79. The van der Waals surface area contributed by atoms with Crippen molar-refractivity contribution in [3.8, 4) is 0 Å². The summed E-state index contributed by atoms with van der Waals surface area (Å²) in [5.74, 6) is 0.304. The van der Waals surface area contributed by atoms with E-state index in [1.807, 2.05) is 0 Å². The summed E-state index contributed by atoms with van der Waals surface area (Å²) >= 11 is 3.31. The van der Waals surface area contributed by atoms with Crippen LogP contribution in [0.15, 0.2) is 34.8 Å². The highest BCUT2D eigenvalue weighted by Gasteiger charge is 2.04. The van der Waals surface area contributed by atoms with Gasteiger partial charge in [-0.05, 0) is 40.8 Å². The fourth-order valence-corrected chi connectivity index (χ4v) is 2.02. The number of aromatic nitrogens is 5. The summed E-state index contributed by atoms with van der Waals surface area (Å²) in [6.45, 7) is 0.325. The second kappa shape index (κ2) is 4.88. The normalized spacial score (nSPS) is 10.8. The standard InChI is InChI=1S/C11H8BrFN6/c12-8-1-2-9(13)7(5-8)6-14-10-3-4-11-15-17-18-19(11)16-10/h1-5H,6H2,(H,14,16). The summed E-state index contributed by atoms with van der Waals surface area (Å²) in [4.78, 5) is 0. The number of anilines is 1. The molecule has 0 saturated heterocycles. The van der Waals surface area contributed by atoms with Gasteiger partial charge in [-0.3, -0.25) is 0 Å². The molecule has 0 unspecified atom stereocenters. The van der Waals surface area contributed by atoms with Gasteiger partial charge in [-0.1, -0.05) is 15.9 Å². The van der Waals surface area contributed by atoms with Gasteiger partial charge in [-0.25, -0.2) is 4.39 Å². The number of nitrogens with zero attached hydrogens (tertiary/aromatic N) is 5. The zero-order valence-electron chi connectivity index (χ0n) is 9.59. The predicted octanol–water partition coefficient (Wildman–Crippen LogP) is 2.03. The van der Waals surface area contributed by atoms with Crippen LogP contribution in [0.3, 0.4) is 0 Å². The Bertz CT molecular complexity index is 728. The lowest BCUT2D eigenvalue weighted by Gasteiger charge is -2.06. The molecule has 96 valence electrons. The van der Waals surface area contributed by atoms with Gasteiger partial charge in [0.2, 0.25) is 0 Å². The molecule has 0 bridgehead atoms. The van der Waals surface area contributed by atoms with E-state index in [0.29, 0.717) is 23.6 Å². The van der Waals surface area contributed by atoms with Crippen LogP contribution in [0, 0.1) is 5.82 Å². The van der Waals surface area contributed by atoms with Gasteiger partial charge in [-0.15, -0.1) is 14.8 Å². The van der Waals surface area contributed by atoms with Gasteiger partial charge in [-0.2, -0.15) is 0 Å². The average molecular weight is 323 g/mol. The highest BCUT2D eigenvalue weighted by atomic mass is 79.9. The van der Waals surface area contributed by atoms with Crippen molar-refractivity contribution in [2.24, 2.45) is 0 Å². The molecule has 3 aromatic rings. The van der Waals surface area contributed by atoms with Gasteiger partial charge in [0.15, 0.2) is 5.65 Å². The third-order valence-electron chi connectivity index (χ3n) is 2.54. The van der Waals surface area contributed by atoms with E-state index in [9.17, 15) is 4.39 Å². The number of fused-ring (bicyclic) bond motifs is 1. The molecule has 0 aliphatic rings. The molecule has 2 aromatic heterocycles. The predicted molar refractivity (Wildman–Crippen MR) is 70.0 cm³/mol. The van der Waals surface area contributed by atoms with Gasteiger partial charge >= 0.3 is 0 Å². The minimum atomic E-state index is -0.265. The lowest BCUT2D eigenvalue weighted by Crippen LogP contribution is -2.06. The number of hydrogen-bond acceptors (Lipinski definition) is 5. The zero-order chi connectivity index (χ0) is 13.2. The Labute approximate surface area is 115 Å². The molecular weight excluding hydrogens is 315 g/mol. The Kier molecular flexibility index (Phi) is 3.08. The number of nitrogens with one attached hydrogen (secondary N) is 1. The van der Waals surface area contributed by atoms with Gasteiger partial charge < -0.3 is 5.32 Å². The Morgan fingerprint density at radius 1 is 1.26 bits per heavy atom. The van der Waals surface area contributed by atoms with Gasteiger partial charge in [0.05, 0.1) is 0 Å². The number of hydrogen-bond donors (Lipinski definition) is 1. The first-order valence-corrected chi connectivity index (χ1v) is 6.25. The highest BCUT2D eigenvalue weighted by molar-refractivity contribution is 9.10. The van der Waals surface area contributed by atoms with Crippen molar-refractivity contribution >= 4 is 27.4 Å². The van der Waals surface area contributed by atoms with E-state index in [0.717, 1.165) is 4.47 Å². The quantitative estimate of drug-likeness (QED) is 0.799. The van der Waals surface area contributed by atoms with Crippen LogP contribution < -0.4 is 5.32 Å². The fraction of sp³-hybridized carbons (Fsp3) is 0.0909. The fourth-order valence-electron chi connectivity index (χ4n) is 1.61. The molecule has 0 fully saturated rings. The van der Waals surface area contributed by atoms with Crippen LogP contribution >= 0.6 is 15.9 Å². The van der Waals surface area contributed by atoms with Crippen LogP contribution in [0.2, 0.25) is 0 Å². The molecule has 19 heavy (non-hydrogen) atoms. The molecule has 0 amide bonds. The maximum absolute atomic E-state index is 13.6. The largest absolute Gasteiger partial charge is 0.364 e. The van der Waals surface area contributed by atoms with Crippen molar-refractivity contribution in [2.75, 3.05) is 5.32 Å². The van der Waals surface area contributed by atoms with E-state index in [1.165, 1.54) is 10.7 Å². The van der Waals surface area contributed by atoms with E-state index < -0.39 is 0 Å². The first kappa shape index (κ1) is 12.0. The summed E-state index contributed by atoms with van der Waals surface area (Å²) in [6, 6.07) is 8.26. The van der Waals surface area contributed by atoms with Crippen molar-refractivity contribution in [2.45, 2.75) is 6.54 Å². The van der Waals surface area contributed by atoms with Gasteiger partial charge in [0.25, 0.3) is 0 Å². The van der Waals surface area contributed by atoms with Gasteiger partial charge in [0, 0.05) is 16.6 Å². The van der Waals surface area contributed by atoms with E-state index in [1.54, 1.807) is 24.3 Å². The van der Waals surface area contributed by atoms with Gasteiger partial charge in [0.1, 0.15) is 11.6 Å². The van der Waals surface area contributed by atoms with Crippen LogP contribution in [0.4, 0.5) is 10.2 Å². The summed E-state index contributed by atoms with van der Waals surface area (Å²) in [6.07, 6.45) is 0. The maximum atomic E-state index is 13.6. The lowest BCUT2D eigenvalue weighted by molar-refractivity contribution is 0.612. The van der Waals surface area contributed by atoms with Crippen molar-refractivity contribution in [1.82, 2.24) is 25.3 Å². The third-order valence-corrected chi connectivity index (χ3v) is 3.03. The van der Waals surface area contributed by atoms with E-state index in [-0.39, 0.29) is 5.82 Å². The highest BCUT2D eigenvalue weighted by Crippen LogP contribution is 2.16. The van der Waals surface area contributed by atoms with Crippen molar-refractivity contribution < 1.29 is 4.39 Å². The van der Waals surface area contributed by atoms with E-state index >= 15 is 0 Å². The molecule has 1 N–H and O–H groups in total. The topological polar surface area (TPSA) is 68.0 Å². The van der Waals surface area contributed by atoms with Crippen LogP contribution in [-0.2, 0) is 6.54 Å². The maximum Gasteiger partial charge on any atom is 0.200 e. The Hall–Kier alpha value is -2.09. The first-order chi connectivity index (χ1) is 9.22. The zero-order valence-corrected chi connectivity index (χ0v) is 11.2. The number of halogens is 2. The number of tetrazole rings is 1. The van der Waals surface area contributed by atoms with Crippen LogP contribution in [0.25, 0.3) is 5.65 Å². The van der Waals surface area contributed by atoms with Crippen LogP contribution in [0.1, 0.15) is 5.56 Å². The second-order valence-corrected chi connectivity index (χ2v) is 4.75. The minimum Gasteiger partial charge on any atom is -0.364 e. The molecule has 0 saturated carbocycles. The Morgan fingerprint density at radius 2 is 2.16 bits per heavy atom. The lowest BCUT2D eigenvalue weighted by atomic mass is 10.2. The molecule has 0 aliphatic heterocycles. The van der Waals surface area contributed by atoms with Crippen LogP contribution in [0.5, 0.6) is 0 Å². The third kappa shape index (κ3) is 2.53. The second-order valence-electron chi connectivity index (χ2n) is 3.83. The van der Waals surface area contributed by atoms with Crippen LogP contribution in [-0.4, -0.2) is 25.3 Å². The van der Waals surface area contributed by atoms with E-state index in [4.69, 9.17) is 0 Å². The molecule has 0 radical (unpaired) electrons. The van der Waals surface area contributed by atoms with Crippen molar-refractivity contribution in [3.05, 3.63) is 46.2 Å². The minimum absolute atomic E-state index is 0.265. The molecule has 0 aliphatic carbocycles. The summed E-state index contributed by atoms with van der Waals surface area (Å²) < 4.78 is 15.7.